The summed E-state index contributed by atoms with van der Waals surface area (Å²) in [6.45, 7) is 0.863. The van der Waals surface area contributed by atoms with E-state index in [1.807, 2.05) is 6.07 Å². The van der Waals surface area contributed by atoms with Crippen LogP contribution in [0.2, 0.25) is 0 Å². The second-order valence-electron chi connectivity index (χ2n) is 9.85. The van der Waals surface area contributed by atoms with Gasteiger partial charge in [-0.05, 0) is 77.7 Å². The van der Waals surface area contributed by atoms with Crippen molar-refractivity contribution < 1.29 is 4.57 Å². The molecular weight excluding hydrogens is 634 g/mol. The van der Waals surface area contributed by atoms with Crippen LogP contribution in [0.15, 0.2) is 124 Å². The molecule has 0 unspecified atom stereocenters. The van der Waals surface area contributed by atoms with E-state index in [0.29, 0.717) is 6.42 Å². The number of aromatic nitrogens is 1. The largest absolute Gasteiger partial charge is 0.375 e. The lowest BCUT2D eigenvalue weighted by Gasteiger charge is -2.18. The van der Waals surface area contributed by atoms with Crippen molar-refractivity contribution in [2.45, 2.75) is 12.8 Å². The Bertz CT molecular complexity index is 1670. The molecule has 0 fully saturated rings. The van der Waals surface area contributed by atoms with Gasteiger partial charge in [0.15, 0.2) is 0 Å². The number of anilines is 1. The van der Waals surface area contributed by atoms with Gasteiger partial charge in [0, 0.05) is 70.6 Å². The number of halogens is 2. The highest BCUT2D eigenvalue weighted by Gasteiger charge is 2.22. The van der Waals surface area contributed by atoms with E-state index in [1.165, 1.54) is 0 Å². The number of unbranched alkanes of at least 4 members (excludes halogenated alkanes) is 1. The average molecular weight is 664 g/mol. The van der Waals surface area contributed by atoms with Crippen LogP contribution in [0.3, 0.4) is 0 Å². The highest BCUT2D eigenvalue weighted by atomic mass is 79.9. The molecule has 4 aromatic carbocycles. The lowest BCUT2D eigenvalue weighted by molar-refractivity contribution is -0.585. The smallest absolute Gasteiger partial charge is 0.219 e. The third kappa shape index (κ3) is 7.21. The summed E-state index contributed by atoms with van der Waals surface area (Å²) in [5.74, 6) is 0. The van der Waals surface area contributed by atoms with Gasteiger partial charge in [-0.25, -0.2) is 0 Å². The topological polar surface area (TPSA) is 30.9 Å². The van der Waals surface area contributed by atoms with E-state index in [4.69, 9.17) is 5.26 Å². The fraction of sp³-hybridized carbons (Fsp3) is 0.111. The van der Waals surface area contributed by atoms with E-state index < -0.39 is 0 Å². The molecular formula is C36H30Br2N3+. The van der Waals surface area contributed by atoms with Gasteiger partial charge in [-0.1, -0.05) is 74.3 Å². The summed E-state index contributed by atoms with van der Waals surface area (Å²) in [6, 6.07) is 42.8. The molecule has 0 saturated carbocycles. The number of benzene rings is 4. The van der Waals surface area contributed by atoms with Gasteiger partial charge in [0.05, 0.1) is 6.07 Å². The van der Waals surface area contributed by atoms with Gasteiger partial charge in [0.25, 0.3) is 0 Å². The van der Waals surface area contributed by atoms with Gasteiger partial charge in [-0.2, -0.15) is 9.83 Å². The maximum absolute atomic E-state index is 8.84. The molecule has 0 aliphatic heterocycles. The van der Waals surface area contributed by atoms with Crippen LogP contribution in [0, 0.1) is 11.3 Å². The summed E-state index contributed by atoms with van der Waals surface area (Å²) in [5, 5.41) is 8.84. The Morgan fingerprint density at radius 2 is 1.37 bits per heavy atom. The summed E-state index contributed by atoms with van der Waals surface area (Å²) >= 11 is 7.17. The van der Waals surface area contributed by atoms with Crippen molar-refractivity contribution in [1.82, 2.24) is 0 Å². The van der Waals surface area contributed by atoms with Crippen molar-refractivity contribution in [2.75, 3.05) is 18.5 Å². The van der Waals surface area contributed by atoms with E-state index >= 15 is 0 Å². The zero-order valence-electron chi connectivity index (χ0n) is 22.8. The molecule has 0 bridgehead atoms. The number of nitrogens with zero attached hydrogens (tertiary/aromatic N) is 3. The van der Waals surface area contributed by atoms with Crippen LogP contribution in [-0.2, 0) is 0 Å². The van der Waals surface area contributed by atoms with Crippen molar-refractivity contribution in [3.8, 4) is 34.1 Å². The molecule has 0 saturated heterocycles. The van der Waals surface area contributed by atoms with E-state index in [-0.39, 0.29) is 0 Å². The second kappa shape index (κ2) is 13.6. The monoisotopic (exact) mass is 662 g/mol. The summed E-state index contributed by atoms with van der Waals surface area (Å²) < 4.78 is 4.43. The van der Waals surface area contributed by atoms with Crippen LogP contribution in [0.5, 0.6) is 0 Å². The minimum absolute atomic E-state index is 0.578. The number of para-hydroxylation sites is 1. The molecule has 0 aliphatic rings. The second-order valence-corrected chi connectivity index (χ2v) is 11.7. The van der Waals surface area contributed by atoms with E-state index in [1.54, 1.807) is 0 Å². The predicted molar refractivity (Wildman–Crippen MR) is 178 cm³/mol. The summed E-state index contributed by atoms with van der Waals surface area (Å²) in [7, 11) is 2.07. The molecule has 41 heavy (non-hydrogen) atoms. The van der Waals surface area contributed by atoms with E-state index in [2.05, 4.69) is 176 Å². The van der Waals surface area contributed by atoms with Gasteiger partial charge >= 0.3 is 0 Å². The molecule has 5 aromatic rings. The maximum Gasteiger partial charge on any atom is 0.219 e. The molecule has 202 valence electrons. The minimum Gasteiger partial charge on any atom is -0.375 e. The van der Waals surface area contributed by atoms with Crippen molar-refractivity contribution in [3.63, 3.8) is 0 Å². The molecule has 0 aliphatic carbocycles. The number of hydrogen-bond acceptors (Lipinski definition) is 2. The highest BCUT2D eigenvalue weighted by Crippen LogP contribution is 2.29. The van der Waals surface area contributed by atoms with Crippen LogP contribution in [0.1, 0.15) is 24.1 Å². The Morgan fingerprint density at radius 3 is 2.00 bits per heavy atom. The third-order valence-electron chi connectivity index (χ3n) is 6.99. The van der Waals surface area contributed by atoms with Gasteiger partial charge in [-0.15, -0.1) is 0 Å². The number of rotatable bonds is 9. The first-order valence-electron chi connectivity index (χ1n) is 13.6. The average Bonchev–Trinajstić information content (AvgIpc) is 3.01. The van der Waals surface area contributed by atoms with Gasteiger partial charge < -0.3 is 4.90 Å². The fourth-order valence-corrected chi connectivity index (χ4v) is 5.32. The quantitative estimate of drug-likeness (QED) is 0.116. The fourth-order valence-electron chi connectivity index (χ4n) is 4.79. The maximum atomic E-state index is 8.84. The van der Waals surface area contributed by atoms with Gasteiger partial charge in [0.2, 0.25) is 17.1 Å². The molecule has 5 rings (SSSR count). The van der Waals surface area contributed by atoms with Crippen molar-refractivity contribution >= 4 is 49.7 Å². The number of hydrogen-bond donors (Lipinski definition) is 0. The van der Waals surface area contributed by atoms with Crippen LogP contribution in [0.25, 0.3) is 40.2 Å². The lowest BCUT2D eigenvalue weighted by atomic mass is 10.0. The third-order valence-corrected chi connectivity index (χ3v) is 8.05. The molecule has 1 heterocycles. The van der Waals surface area contributed by atoms with Crippen LogP contribution in [-0.4, -0.2) is 13.6 Å². The van der Waals surface area contributed by atoms with Gasteiger partial charge in [0.1, 0.15) is 0 Å². The SMILES string of the molecule is CN(CCCC#N)c1ccc(/C=C/c2cc(-c3ccc(Br)cc3)cc(-c3ccc(Br)cc3)[n+]2-c2ccccc2)cc1. The zero-order valence-corrected chi connectivity index (χ0v) is 26.0. The van der Waals surface area contributed by atoms with Crippen LogP contribution in [0.4, 0.5) is 5.69 Å². The molecule has 0 spiro atoms. The first-order chi connectivity index (χ1) is 20.0. The Morgan fingerprint density at radius 1 is 0.732 bits per heavy atom. The molecule has 0 N–H and O–H groups in total. The summed E-state index contributed by atoms with van der Waals surface area (Å²) in [4.78, 5) is 2.19. The molecule has 5 heteroatoms. The van der Waals surface area contributed by atoms with Gasteiger partial charge in [-0.3, -0.25) is 0 Å². The molecule has 0 atom stereocenters. The Balaban J connectivity index is 1.60. The summed E-state index contributed by atoms with van der Waals surface area (Å²) in [6.07, 6.45) is 5.81. The first-order valence-corrected chi connectivity index (χ1v) is 15.1. The molecule has 1 aromatic heterocycles. The van der Waals surface area contributed by atoms with Crippen molar-refractivity contribution in [2.24, 2.45) is 0 Å². The predicted octanol–water partition coefficient (Wildman–Crippen LogP) is 9.73. The Kier molecular flexibility index (Phi) is 9.46. The normalized spacial score (nSPS) is 11.0. The Labute approximate surface area is 259 Å². The van der Waals surface area contributed by atoms with Crippen molar-refractivity contribution in [3.05, 3.63) is 135 Å². The van der Waals surface area contributed by atoms with Crippen LogP contribution < -0.4 is 9.47 Å². The summed E-state index contributed by atoms with van der Waals surface area (Å²) in [5.41, 5.74) is 9.00. The number of nitriles is 1. The Hall–Kier alpha value is -3.98. The zero-order chi connectivity index (χ0) is 28.6. The minimum atomic E-state index is 0.578. The lowest BCUT2D eigenvalue weighted by Crippen LogP contribution is -2.37. The van der Waals surface area contributed by atoms with Crippen LogP contribution >= 0.6 is 31.9 Å². The molecule has 0 amide bonds. The first kappa shape index (κ1) is 28.5. The van der Waals surface area contributed by atoms with E-state index in [0.717, 1.165) is 66.9 Å². The molecule has 0 radical (unpaired) electrons. The van der Waals surface area contributed by atoms with E-state index in [9.17, 15) is 0 Å². The highest BCUT2D eigenvalue weighted by molar-refractivity contribution is 9.10. The van der Waals surface area contributed by atoms with Crippen molar-refractivity contribution in [1.29, 1.82) is 5.26 Å². The number of pyridine rings is 1. The standard InChI is InChI=1S/C36H30Br2N3/c1-40(24-6-5-23-39)33-20-9-27(10-21-33)11-22-35-25-30(28-12-16-31(37)17-13-28)26-36(29-14-18-32(38)19-15-29)41(35)34-7-3-2-4-8-34/h2-4,7-22,25-26H,5-6,24H2,1H3/q+1. The molecule has 3 nitrogen and oxygen atoms in total.